The van der Waals surface area contributed by atoms with E-state index in [2.05, 4.69) is 34.6 Å². The van der Waals surface area contributed by atoms with Crippen LogP contribution < -0.4 is 14.7 Å². The summed E-state index contributed by atoms with van der Waals surface area (Å²) >= 11 is 0. The molecular formula is C20H29N5O. The molecule has 0 aromatic carbocycles. The normalized spacial score (nSPS) is 27.3. The lowest BCUT2D eigenvalue weighted by Gasteiger charge is -2.47. The molecule has 0 N–H and O–H groups in total. The number of pyridine rings is 1. The summed E-state index contributed by atoms with van der Waals surface area (Å²) in [5.41, 5.74) is 2.74. The molecule has 4 aliphatic rings. The Morgan fingerprint density at radius 1 is 1.19 bits per heavy atom. The number of aromatic nitrogens is 1. The van der Waals surface area contributed by atoms with Crippen LogP contribution in [0.2, 0.25) is 0 Å². The van der Waals surface area contributed by atoms with E-state index >= 15 is 0 Å². The van der Waals surface area contributed by atoms with Gasteiger partial charge in [0.05, 0.1) is 17.6 Å². The lowest BCUT2D eigenvalue weighted by molar-refractivity contribution is -0.121. The summed E-state index contributed by atoms with van der Waals surface area (Å²) < 4.78 is 0. The van der Waals surface area contributed by atoms with Gasteiger partial charge in [-0.25, -0.2) is 4.98 Å². The van der Waals surface area contributed by atoms with Gasteiger partial charge in [-0.15, -0.1) is 0 Å². The second kappa shape index (κ2) is 5.59. The number of fused-ring (bicyclic) bond motifs is 3. The lowest BCUT2D eigenvalue weighted by atomic mass is 10.0. The third-order valence-electron chi connectivity index (χ3n) is 6.98. The highest BCUT2D eigenvalue weighted by atomic mass is 16.2. The first-order valence-electron chi connectivity index (χ1n) is 10.0. The van der Waals surface area contributed by atoms with Crippen LogP contribution in [0.5, 0.6) is 0 Å². The highest BCUT2D eigenvalue weighted by Crippen LogP contribution is 2.53. The molecule has 1 atom stereocenters. The number of hydrogen-bond acceptors (Lipinski definition) is 5. The van der Waals surface area contributed by atoms with Crippen molar-refractivity contribution in [3.8, 4) is 0 Å². The van der Waals surface area contributed by atoms with Crippen LogP contribution in [0.15, 0.2) is 12.3 Å². The average Bonchev–Trinajstić information content (AvgIpc) is 3.27. The summed E-state index contributed by atoms with van der Waals surface area (Å²) in [7, 11) is 1.91. The average molecular weight is 355 g/mol. The largest absolute Gasteiger partial charge is 0.370 e. The Kier molecular flexibility index (Phi) is 3.52. The van der Waals surface area contributed by atoms with Gasteiger partial charge in [0.1, 0.15) is 6.04 Å². The van der Waals surface area contributed by atoms with Gasteiger partial charge in [-0.3, -0.25) is 9.69 Å². The molecule has 3 aliphatic heterocycles. The summed E-state index contributed by atoms with van der Waals surface area (Å²) in [6, 6.07) is 2.55. The molecule has 5 rings (SSSR count). The second-order valence-electron chi connectivity index (χ2n) is 8.90. The minimum absolute atomic E-state index is 0.108. The number of piperazine rings is 1. The highest BCUT2D eigenvalue weighted by molar-refractivity contribution is 6.05. The van der Waals surface area contributed by atoms with E-state index in [1.165, 1.54) is 24.9 Å². The van der Waals surface area contributed by atoms with Crippen molar-refractivity contribution in [2.75, 3.05) is 54.5 Å². The minimum Gasteiger partial charge on any atom is -0.370 e. The van der Waals surface area contributed by atoms with Crippen LogP contribution in [0.1, 0.15) is 33.1 Å². The van der Waals surface area contributed by atoms with Gasteiger partial charge in [0.25, 0.3) is 5.91 Å². The molecule has 4 heterocycles. The molecule has 0 bridgehead atoms. The van der Waals surface area contributed by atoms with Crippen molar-refractivity contribution in [2.45, 2.75) is 45.2 Å². The van der Waals surface area contributed by atoms with Gasteiger partial charge in [0, 0.05) is 45.8 Å². The summed E-state index contributed by atoms with van der Waals surface area (Å²) in [4.78, 5) is 26.8. The van der Waals surface area contributed by atoms with E-state index in [-0.39, 0.29) is 11.9 Å². The molecule has 6 nitrogen and oxygen atoms in total. The summed E-state index contributed by atoms with van der Waals surface area (Å²) in [5.74, 6) is 1.17. The third-order valence-corrected chi connectivity index (χ3v) is 6.98. The van der Waals surface area contributed by atoms with E-state index < -0.39 is 0 Å². The Bertz CT molecular complexity index is 744. The summed E-state index contributed by atoms with van der Waals surface area (Å²) in [6.07, 6.45) is 6.08. The highest BCUT2D eigenvalue weighted by Gasteiger charge is 2.48. The number of likely N-dealkylation sites (N-methyl/N-ethyl adjacent to an activating group) is 1. The van der Waals surface area contributed by atoms with Gasteiger partial charge in [0.15, 0.2) is 5.82 Å². The fourth-order valence-electron chi connectivity index (χ4n) is 4.90. The molecule has 1 saturated carbocycles. The first-order valence-corrected chi connectivity index (χ1v) is 10.0. The van der Waals surface area contributed by atoms with Gasteiger partial charge in [0.2, 0.25) is 0 Å². The van der Waals surface area contributed by atoms with Crippen LogP contribution in [-0.4, -0.2) is 67.6 Å². The van der Waals surface area contributed by atoms with E-state index in [0.717, 1.165) is 44.2 Å². The third kappa shape index (κ3) is 2.42. The van der Waals surface area contributed by atoms with Crippen LogP contribution in [0.25, 0.3) is 0 Å². The van der Waals surface area contributed by atoms with Crippen molar-refractivity contribution in [1.29, 1.82) is 0 Å². The van der Waals surface area contributed by atoms with E-state index in [1.54, 1.807) is 0 Å². The lowest BCUT2D eigenvalue weighted by Crippen LogP contribution is -2.63. The summed E-state index contributed by atoms with van der Waals surface area (Å²) in [5, 5.41) is 0. The Labute approximate surface area is 155 Å². The molecule has 6 heteroatoms. The number of nitrogens with zero attached hydrogens (tertiary/aromatic N) is 5. The molecule has 3 fully saturated rings. The molecule has 0 radical (unpaired) electrons. The van der Waals surface area contributed by atoms with Gasteiger partial charge < -0.3 is 14.7 Å². The molecule has 140 valence electrons. The van der Waals surface area contributed by atoms with Crippen LogP contribution in [0, 0.1) is 5.41 Å². The monoisotopic (exact) mass is 355 g/mol. The molecule has 1 amide bonds. The van der Waals surface area contributed by atoms with Gasteiger partial charge in [-0.05, 0) is 44.6 Å². The molecule has 2 saturated heterocycles. The summed E-state index contributed by atoms with van der Waals surface area (Å²) in [6.45, 7) is 9.33. The number of carbonyl (C=O) groups is 1. The predicted molar refractivity (Wildman–Crippen MR) is 104 cm³/mol. The van der Waals surface area contributed by atoms with Crippen molar-refractivity contribution in [3.05, 3.63) is 12.3 Å². The SMILES string of the molecule is CC(C)N1CCN2c3ncc(N4CCC5(CC5)C4)cc3N(C)C(=O)[C@H]2C1. The van der Waals surface area contributed by atoms with E-state index in [9.17, 15) is 4.79 Å². The first kappa shape index (κ1) is 16.4. The zero-order valence-corrected chi connectivity index (χ0v) is 16.1. The maximum absolute atomic E-state index is 13.1. The fourth-order valence-corrected chi connectivity index (χ4v) is 4.90. The maximum atomic E-state index is 13.1. The number of rotatable bonds is 2. The quantitative estimate of drug-likeness (QED) is 0.811. The van der Waals surface area contributed by atoms with Gasteiger partial charge in [-0.2, -0.15) is 0 Å². The fraction of sp³-hybridized carbons (Fsp3) is 0.700. The van der Waals surface area contributed by atoms with E-state index in [4.69, 9.17) is 4.98 Å². The molecule has 1 aliphatic carbocycles. The van der Waals surface area contributed by atoms with E-state index in [1.807, 2.05) is 18.1 Å². The second-order valence-corrected chi connectivity index (χ2v) is 8.90. The van der Waals surface area contributed by atoms with Gasteiger partial charge in [-0.1, -0.05) is 0 Å². The zero-order chi connectivity index (χ0) is 18.1. The molecule has 1 spiro atoms. The van der Waals surface area contributed by atoms with E-state index in [0.29, 0.717) is 11.5 Å². The van der Waals surface area contributed by atoms with Crippen molar-refractivity contribution in [3.63, 3.8) is 0 Å². The molecular weight excluding hydrogens is 326 g/mol. The molecule has 0 unspecified atom stereocenters. The Balaban J connectivity index is 1.45. The first-order chi connectivity index (χ1) is 12.5. The Morgan fingerprint density at radius 2 is 2.00 bits per heavy atom. The maximum Gasteiger partial charge on any atom is 0.250 e. The number of carbonyl (C=O) groups excluding carboxylic acids is 1. The number of hydrogen-bond donors (Lipinski definition) is 0. The topological polar surface area (TPSA) is 42.9 Å². The van der Waals surface area contributed by atoms with Crippen molar-refractivity contribution in [2.24, 2.45) is 5.41 Å². The van der Waals surface area contributed by atoms with Crippen LogP contribution in [-0.2, 0) is 4.79 Å². The molecule has 26 heavy (non-hydrogen) atoms. The Hall–Kier alpha value is -1.82. The Morgan fingerprint density at radius 3 is 2.69 bits per heavy atom. The van der Waals surface area contributed by atoms with Crippen LogP contribution >= 0.6 is 0 Å². The van der Waals surface area contributed by atoms with Crippen molar-refractivity contribution >= 4 is 23.1 Å². The standard InChI is InChI=1S/C20H29N5O/c1-14(2)23-8-9-25-17(12-23)19(26)22(3)16-10-15(11-21-18(16)25)24-7-6-20(13-24)4-5-20/h10-11,14,17H,4-9,12-13H2,1-3H3/t17-/m1/s1. The zero-order valence-electron chi connectivity index (χ0n) is 16.1. The van der Waals surface area contributed by atoms with Crippen LogP contribution in [0.4, 0.5) is 17.2 Å². The molecule has 1 aromatic rings. The predicted octanol–water partition coefficient (Wildman–Crippen LogP) is 1.95. The number of anilines is 3. The van der Waals surface area contributed by atoms with Crippen molar-refractivity contribution < 1.29 is 4.79 Å². The van der Waals surface area contributed by atoms with Crippen LogP contribution in [0.3, 0.4) is 0 Å². The number of amides is 1. The van der Waals surface area contributed by atoms with Crippen molar-refractivity contribution in [1.82, 2.24) is 9.88 Å². The van der Waals surface area contributed by atoms with Gasteiger partial charge >= 0.3 is 0 Å². The smallest absolute Gasteiger partial charge is 0.250 e. The molecule has 1 aromatic heterocycles. The minimum atomic E-state index is -0.108.